The van der Waals surface area contributed by atoms with Crippen molar-refractivity contribution in [1.82, 2.24) is 9.88 Å². The normalized spacial score (nSPS) is 15.1. The Hall–Kier alpha value is -3.82. The van der Waals surface area contributed by atoms with E-state index < -0.39 is 0 Å². The number of nitrogens with one attached hydrogen (secondary N) is 1. The number of para-hydroxylation sites is 1. The molecule has 1 atom stereocenters. The molecule has 5 aromatic rings. The molecule has 35 heavy (non-hydrogen) atoms. The number of carbonyl (C=O) groups is 1. The lowest BCUT2D eigenvalue weighted by atomic mass is 9.93. The molecule has 1 aromatic heterocycles. The molecule has 4 heteroatoms. The third-order valence-corrected chi connectivity index (χ3v) is 7.22. The van der Waals surface area contributed by atoms with Crippen molar-refractivity contribution in [1.29, 1.82) is 0 Å². The fraction of sp³-hybridized carbons (Fsp3) is 0.129. The highest BCUT2D eigenvalue weighted by Crippen LogP contribution is 2.45. The Labute approximate surface area is 210 Å². The Morgan fingerprint density at radius 2 is 1.57 bits per heavy atom. The number of halogens is 1. The summed E-state index contributed by atoms with van der Waals surface area (Å²) in [5.74, 6) is 0.0831. The van der Waals surface area contributed by atoms with Gasteiger partial charge in [0, 0.05) is 33.6 Å². The predicted molar refractivity (Wildman–Crippen MR) is 143 cm³/mol. The number of carbonyl (C=O) groups excluding carboxylic acids is 1. The minimum Gasteiger partial charge on any atom is -0.354 e. The van der Waals surface area contributed by atoms with Crippen molar-refractivity contribution in [2.24, 2.45) is 0 Å². The SMILES string of the molecule is Cc1ccc(-c2[nH]c3ccccc3c2[C@H]2c3ccccc3C(=O)N2CCc2ccc(Cl)cc2)cc1. The summed E-state index contributed by atoms with van der Waals surface area (Å²) in [6.45, 7) is 2.72. The molecule has 4 aromatic carbocycles. The van der Waals surface area contributed by atoms with E-state index in [4.69, 9.17) is 11.6 Å². The number of nitrogens with zero attached hydrogens (tertiary/aromatic N) is 1. The van der Waals surface area contributed by atoms with Crippen LogP contribution >= 0.6 is 11.6 Å². The summed E-state index contributed by atoms with van der Waals surface area (Å²) in [5.41, 5.74) is 8.65. The number of amides is 1. The van der Waals surface area contributed by atoms with Gasteiger partial charge in [-0.2, -0.15) is 0 Å². The quantitative estimate of drug-likeness (QED) is 0.279. The van der Waals surface area contributed by atoms with E-state index in [9.17, 15) is 4.79 Å². The molecule has 0 spiro atoms. The average molecular weight is 477 g/mol. The molecule has 0 unspecified atom stereocenters. The van der Waals surface area contributed by atoms with Crippen molar-refractivity contribution in [3.63, 3.8) is 0 Å². The van der Waals surface area contributed by atoms with E-state index in [1.165, 1.54) is 5.56 Å². The van der Waals surface area contributed by atoms with Gasteiger partial charge in [-0.05, 0) is 54.3 Å². The van der Waals surface area contributed by atoms with Gasteiger partial charge in [-0.15, -0.1) is 0 Å². The average Bonchev–Trinajstić information content (AvgIpc) is 3.39. The number of aryl methyl sites for hydroxylation is 1. The van der Waals surface area contributed by atoms with Gasteiger partial charge in [0.2, 0.25) is 0 Å². The first kappa shape index (κ1) is 21.7. The molecule has 0 fully saturated rings. The smallest absolute Gasteiger partial charge is 0.255 e. The molecule has 172 valence electrons. The van der Waals surface area contributed by atoms with Gasteiger partial charge in [-0.3, -0.25) is 4.79 Å². The highest BCUT2D eigenvalue weighted by atomic mass is 35.5. The van der Waals surface area contributed by atoms with E-state index in [1.807, 2.05) is 53.4 Å². The maximum absolute atomic E-state index is 13.7. The third-order valence-electron chi connectivity index (χ3n) is 6.97. The van der Waals surface area contributed by atoms with Crippen LogP contribution in [0.4, 0.5) is 0 Å². The Morgan fingerprint density at radius 1 is 0.857 bits per heavy atom. The highest BCUT2D eigenvalue weighted by molar-refractivity contribution is 6.30. The van der Waals surface area contributed by atoms with E-state index >= 15 is 0 Å². The van der Waals surface area contributed by atoms with Gasteiger partial charge in [0.05, 0.1) is 11.7 Å². The molecule has 1 amide bonds. The summed E-state index contributed by atoms with van der Waals surface area (Å²) >= 11 is 6.09. The van der Waals surface area contributed by atoms with Crippen LogP contribution in [0.2, 0.25) is 5.02 Å². The Bertz CT molecular complexity index is 1530. The standard InChI is InChI=1S/C31H25ClN2O/c1-20-10-14-22(15-11-20)29-28(26-8-4-5-9-27(26)33-29)30-24-6-2-3-7-25(24)31(35)34(30)19-18-21-12-16-23(32)17-13-21/h2-17,30,33H,18-19H2,1H3/t30-/m1/s1. The van der Waals surface area contributed by atoms with Crippen molar-refractivity contribution < 1.29 is 4.79 Å². The zero-order valence-electron chi connectivity index (χ0n) is 19.5. The maximum atomic E-state index is 13.7. The van der Waals surface area contributed by atoms with E-state index in [0.29, 0.717) is 6.54 Å². The fourth-order valence-electron chi connectivity index (χ4n) is 5.21. The van der Waals surface area contributed by atoms with Crippen molar-refractivity contribution in [3.05, 3.63) is 130 Å². The molecule has 0 aliphatic carbocycles. The van der Waals surface area contributed by atoms with Crippen molar-refractivity contribution in [3.8, 4) is 11.3 Å². The Balaban J connectivity index is 1.51. The Kier molecular flexibility index (Phi) is 5.43. The molecule has 0 radical (unpaired) electrons. The van der Waals surface area contributed by atoms with Crippen LogP contribution in [-0.2, 0) is 6.42 Å². The highest BCUT2D eigenvalue weighted by Gasteiger charge is 2.39. The monoisotopic (exact) mass is 476 g/mol. The molecular formula is C31H25ClN2O. The van der Waals surface area contributed by atoms with Crippen molar-refractivity contribution in [2.45, 2.75) is 19.4 Å². The maximum Gasteiger partial charge on any atom is 0.255 e. The van der Waals surface area contributed by atoms with Gasteiger partial charge >= 0.3 is 0 Å². The van der Waals surface area contributed by atoms with Gasteiger partial charge in [0.15, 0.2) is 0 Å². The number of benzene rings is 4. The zero-order chi connectivity index (χ0) is 23.9. The van der Waals surface area contributed by atoms with Crippen LogP contribution < -0.4 is 0 Å². The van der Waals surface area contributed by atoms with E-state index in [2.05, 4.69) is 60.4 Å². The van der Waals surface area contributed by atoms with Crippen LogP contribution in [0.1, 0.15) is 38.7 Å². The molecule has 3 nitrogen and oxygen atoms in total. The molecule has 2 heterocycles. The first-order chi connectivity index (χ1) is 17.1. The van der Waals surface area contributed by atoms with Crippen LogP contribution in [-0.4, -0.2) is 22.3 Å². The second-order valence-corrected chi connectivity index (χ2v) is 9.63. The molecule has 0 saturated carbocycles. The van der Waals surface area contributed by atoms with Gasteiger partial charge in [0.25, 0.3) is 5.91 Å². The molecule has 0 saturated heterocycles. The van der Waals surface area contributed by atoms with E-state index in [0.717, 1.165) is 55.9 Å². The van der Waals surface area contributed by atoms with Crippen LogP contribution in [0.5, 0.6) is 0 Å². The summed E-state index contributed by atoms with van der Waals surface area (Å²) in [4.78, 5) is 19.4. The topological polar surface area (TPSA) is 36.1 Å². The summed E-state index contributed by atoms with van der Waals surface area (Å²) < 4.78 is 0. The van der Waals surface area contributed by atoms with Crippen molar-refractivity contribution >= 4 is 28.4 Å². The number of aromatic amines is 1. The number of aromatic nitrogens is 1. The summed E-state index contributed by atoms with van der Waals surface area (Å²) in [5, 5.41) is 1.87. The lowest BCUT2D eigenvalue weighted by Gasteiger charge is -2.27. The molecule has 1 aliphatic rings. The first-order valence-electron chi connectivity index (χ1n) is 11.9. The minimum atomic E-state index is -0.168. The largest absolute Gasteiger partial charge is 0.354 e. The second-order valence-electron chi connectivity index (χ2n) is 9.19. The number of hydrogen-bond acceptors (Lipinski definition) is 1. The van der Waals surface area contributed by atoms with E-state index in [-0.39, 0.29) is 11.9 Å². The van der Waals surface area contributed by atoms with Gasteiger partial charge < -0.3 is 9.88 Å². The Morgan fingerprint density at radius 3 is 2.37 bits per heavy atom. The van der Waals surface area contributed by atoms with Crippen LogP contribution in [0.25, 0.3) is 22.2 Å². The van der Waals surface area contributed by atoms with Gasteiger partial charge in [-0.25, -0.2) is 0 Å². The van der Waals surface area contributed by atoms with E-state index in [1.54, 1.807) is 0 Å². The lowest BCUT2D eigenvalue weighted by molar-refractivity contribution is 0.0753. The predicted octanol–water partition coefficient (Wildman–Crippen LogP) is 7.58. The molecule has 1 aliphatic heterocycles. The summed E-state index contributed by atoms with van der Waals surface area (Å²) in [7, 11) is 0. The minimum absolute atomic E-state index is 0.0831. The van der Waals surface area contributed by atoms with Crippen LogP contribution in [0.3, 0.4) is 0 Å². The van der Waals surface area contributed by atoms with Crippen LogP contribution in [0, 0.1) is 6.92 Å². The molecular weight excluding hydrogens is 452 g/mol. The number of rotatable bonds is 5. The second kappa shape index (κ2) is 8.75. The third kappa shape index (κ3) is 3.82. The first-order valence-corrected chi connectivity index (χ1v) is 12.3. The summed E-state index contributed by atoms with van der Waals surface area (Å²) in [6.07, 6.45) is 0.760. The van der Waals surface area contributed by atoms with Gasteiger partial charge in [-0.1, -0.05) is 90.0 Å². The fourth-order valence-corrected chi connectivity index (χ4v) is 5.33. The lowest BCUT2D eigenvalue weighted by Crippen LogP contribution is -2.31. The molecule has 0 bridgehead atoms. The number of H-pyrrole nitrogens is 1. The molecule has 1 N–H and O–H groups in total. The molecule has 6 rings (SSSR count). The number of hydrogen-bond donors (Lipinski definition) is 1. The van der Waals surface area contributed by atoms with Gasteiger partial charge in [0.1, 0.15) is 0 Å². The zero-order valence-corrected chi connectivity index (χ0v) is 20.2. The summed E-state index contributed by atoms with van der Waals surface area (Å²) in [6, 6.07) is 32.7. The van der Waals surface area contributed by atoms with Crippen LogP contribution in [0.15, 0.2) is 97.1 Å². The van der Waals surface area contributed by atoms with Crippen molar-refractivity contribution in [2.75, 3.05) is 6.54 Å². The number of fused-ring (bicyclic) bond motifs is 2.